The van der Waals surface area contributed by atoms with E-state index >= 15 is 0 Å². The van der Waals surface area contributed by atoms with Gasteiger partial charge in [0.05, 0.1) is 5.69 Å². The number of rotatable bonds is 2. The summed E-state index contributed by atoms with van der Waals surface area (Å²) < 4.78 is 0. The number of aromatic amines is 1. The first-order valence-corrected chi connectivity index (χ1v) is 9.82. The molecule has 1 saturated heterocycles. The number of aromatic nitrogens is 4. The summed E-state index contributed by atoms with van der Waals surface area (Å²) in [5.74, 6) is 1.32. The van der Waals surface area contributed by atoms with Gasteiger partial charge in [0.15, 0.2) is 0 Å². The normalized spacial score (nSPS) is 20.4. The van der Waals surface area contributed by atoms with Crippen LogP contribution in [0.3, 0.4) is 0 Å². The Balaban J connectivity index is 1.48. The molecule has 2 aliphatic rings. The van der Waals surface area contributed by atoms with Crippen LogP contribution >= 0.6 is 0 Å². The lowest BCUT2D eigenvalue weighted by molar-refractivity contribution is 0.0727. The average molecular weight is 368 g/mol. The number of nitrogens with zero attached hydrogens (tertiary/aromatic N) is 4. The molecule has 2 N–H and O–H groups in total. The zero-order chi connectivity index (χ0) is 19.0. The highest BCUT2D eigenvalue weighted by molar-refractivity contribution is 5.92. The smallest absolute Gasteiger partial charge is 0.274 e. The Bertz CT molecular complexity index is 831. The monoisotopic (exact) mass is 368 g/mol. The first-order chi connectivity index (χ1) is 12.9. The molecule has 2 aliphatic heterocycles. The maximum Gasteiger partial charge on any atom is 0.274 e. The van der Waals surface area contributed by atoms with Crippen molar-refractivity contribution in [3.8, 4) is 0 Å². The van der Waals surface area contributed by atoms with Crippen LogP contribution in [0.25, 0.3) is 0 Å². The van der Waals surface area contributed by atoms with Crippen molar-refractivity contribution in [3.05, 3.63) is 40.7 Å². The van der Waals surface area contributed by atoms with E-state index in [4.69, 9.17) is 4.98 Å². The van der Waals surface area contributed by atoms with Crippen molar-refractivity contribution in [1.29, 1.82) is 0 Å². The van der Waals surface area contributed by atoms with Gasteiger partial charge in [-0.3, -0.25) is 9.89 Å². The van der Waals surface area contributed by atoms with E-state index in [0.29, 0.717) is 24.7 Å². The topological polar surface area (TPSA) is 86.8 Å². The van der Waals surface area contributed by atoms with E-state index in [1.807, 2.05) is 17.2 Å². The van der Waals surface area contributed by atoms with E-state index in [9.17, 15) is 4.79 Å². The van der Waals surface area contributed by atoms with E-state index in [1.54, 1.807) is 0 Å². The molecule has 7 heteroatoms. The highest BCUT2D eigenvalue weighted by Crippen LogP contribution is 2.25. The zero-order valence-corrected chi connectivity index (χ0v) is 16.4. The van der Waals surface area contributed by atoms with Crippen molar-refractivity contribution in [2.45, 2.75) is 57.9 Å². The summed E-state index contributed by atoms with van der Waals surface area (Å²) >= 11 is 0. The van der Waals surface area contributed by atoms with Crippen molar-refractivity contribution in [1.82, 2.24) is 30.4 Å². The zero-order valence-electron chi connectivity index (χ0n) is 16.4. The van der Waals surface area contributed by atoms with Gasteiger partial charge in [0.2, 0.25) is 0 Å². The fourth-order valence-electron chi connectivity index (χ4n) is 3.75. The van der Waals surface area contributed by atoms with Crippen molar-refractivity contribution < 1.29 is 4.79 Å². The summed E-state index contributed by atoms with van der Waals surface area (Å²) in [5.41, 5.74) is 3.53. The maximum atomic E-state index is 12.9. The Kier molecular flexibility index (Phi) is 4.72. The summed E-state index contributed by atoms with van der Waals surface area (Å²) in [6, 6.07) is 1.87. The van der Waals surface area contributed by atoms with Crippen molar-refractivity contribution in [2.24, 2.45) is 0 Å². The molecule has 7 nitrogen and oxygen atoms in total. The molecule has 0 spiro atoms. The molecule has 0 radical (unpaired) electrons. The summed E-state index contributed by atoms with van der Waals surface area (Å²) in [5, 5.41) is 10.7. The van der Waals surface area contributed by atoms with Gasteiger partial charge in [-0.25, -0.2) is 9.97 Å². The molecule has 144 valence electrons. The van der Waals surface area contributed by atoms with E-state index in [-0.39, 0.29) is 11.3 Å². The minimum absolute atomic E-state index is 0.0343. The van der Waals surface area contributed by atoms with Crippen LogP contribution in [-0.4, -0.2) is 50.6 Å². The molecule has 1 fully saturated rings. The number of hydrogen-bond acceptors (Lipinski definition) is 5. The lowest BCUT2D eigenvalue weighted by Crippen LogP contribution is -2.37. The molecular weight excluding hydrogens is 340 g/mol. The third kappa shape index (κ3) is 3.74. The highest BCUT2D eigenvalue weighted by Gasteiger charge is 2.27. The van der Waals surface area contributed by atoms with Gasteiger partial charge in [-0.05, 0) is 25.5 Å². The summed E-state index contributed by atoms with van der Waals surface area (Å²) in [4.78, 5) is 24.1. The van der Waals surface area contributed by atoms with Gasteiger partial charge < -0.3 is 10.2 Å². The van der Waals surface area contributed by atoms with Crippen LogP contribution in [0.1, 0.15) is 72.8 Å². The Labute approximate surface area is 160 Å². The molecule has 0 aliphatic carbocycles. The van der Waals surface area contributed by atoms with E-state index < -0.39 is 0 Å². The second-order valence-corrected chi connectivity index (χ2v) is 8.64. The lowest BCUT2D eigenvalue weighted by atomic mass is 9.92. The molecule has 0 unspecified atom stereocenters. The molecule has 2 aromatic rings. The fourth-order valence-corrected chi connectivity index (χ4v) is 3.75. The van der Waals surface area contributed by atoms with E-state index in [1.165, 1.54) is 6.42 Å². The molecule has 0 bridgehead atoms. The molecule has 0 aromatic carbocycles. The van der Waals surface area contributed by atoms with Crippen LogP contribution < -0.4 is 5.32 Å². The summed E-state index contributed by atoms with van der Waals surface area (Å²) in [7, 11) is 0. The first-order valence-electron chi connectivity index (χ1n) is 9.82. The number of nitrogens with one attached hydrogen (secondary N) is 2. The number of carbonyl (C=O) groups is 1. The van der Waals surface area contributed by atoms with Crippen LogP contribution in [0, 0.1) is 0 Å². The van der Waals surface area contributed by atoms with Gasteiger partial charge in [0.25, 0.3) is 5.91 Å². The summed E-state index contributed by atoms with van der Waals surface area (Å²) in [6.07, 6.45) is 5.00. The third-order valence-corrected chi connectivity index (χ3v) is 5.51. The van der Waals surface area contributed by atoms with Gasteiger partial charge in [-0.15, -0.1) is 0 Å². The Morgan fingerprint density at radius 3 is 2.89 bits per heavy atom. The number of fused-ring (bicyclic) bond motifs is 1. The predicted octanol–water partition coefficient (Wildman–Crippen LogP) is 2.16. The van der Waals surface area contributed by atoms with Crippen LogP contribution in [0.2, 0.25) is 0 Å². The molecule has 0 saturated carbocycles. The fraction of sp³-hybridized carbons (Fsp3) is 0.600. The number of carbonyl (C=O) groups excluding carboxylic acids is 1. The number of H-pyrrole nitrogens is 1. The lowest BCUT2D eigenvalue weighted by Gasteiger charge is -2.28. The van der Waals surface area contributed by atoms with Crippen LogP contribution in [-0.2, 0) is 18.4 Å². The second-order valence-electron chi connectivity index (χ2n) is 8.64. The Morgan fingerprint density at radius 2 is 2.19 bits per heavy atom. The van der Waals surface area contributed by atoms with Gasteiger partial charge in [-0.1, -0.05) is 20.8 Å². The molecular formula is C20H28N6O. The highest BCUT2D eigenvalue weighted by atomic mass is 16.2. The minimum atomic E-state index is -0.0573. The molecule has 1 amide bonds. The molecule has 4 rings (SSSR count). The molecule has 1 atom stereocenters. The van der Waals surface area contributed by atoms with Crippen molar-refractivity contribution in [3.63, 3.8) is 0 Å². The van der Waals surface area contributed by atoms with Gasteiger partial charge in [0, 0.05) is 54.8 Å². The van der Waals surface area contributed by atoms with Gasteiger partial charge in [-0.2, -0.15) is 5.10 Å². The van der Waals surface area contributed by atoms with Crippen molar-refractivity contribution >= 4 is 5.91 Å². The maximum absolute atomic E-state index is 12.9. The standard InChI is InChI=1S/C20H28N6O/c1-20(2,3)17-9-16(24-25-17)19(27)26-8-6-15-14(12-26)11-22-18(23-15)13-5-4-7-21-10-13/h9,11,13,21H,4-8,10,12H2,1-3H3,(H,24,25)/t13-/m1/s1. The van der Waals surface area contributed by atoms with Gasteiger partial charge in [0.1, 0.15) is 11.5 Å². The Hall–Kier alpha value is -2.28. The Morgan fingerprint density at radius 1 is 1.33 bits per heavy atom. The number of hydrogen-bond donors (Lipinski definition) is 2. The van der Waals surface area contributed by atoms with E-state index in [2.05, 4.69) is 41.3 Å². The predicted molar refractivity (Wildman–Crippen MR) is 103 cm³/mol. The van der Waals surface area contributed by atoms with Crippen LogP contribution in [0.5, 0.6) is 0 Å². The molecule has 2 aromatic heterocycles. The number of amides is 1. The SMILES string of the molecule is CC(C)(C)c1cc(C(=O)N2CCc3nc([C@@H]4CCCNC4)ncc3C2)n[nH]1. The quantitative estimate of drug-likeness (QED) is 0.848. The third-order valence-electron chi connectivity index (χ3n) is 5.51. The second kappa shape index (κ2) is 7.03. The average Bonchev–Trinajstić information content (AvgIpc) is 3.18. The minimum Gasteiger partial charge on any atom is -0.332 e. The van der Waals surface area contributed by atoms with Crippen molar-refractivity contribution in [2.75, 3.05) is 19.6 Å². The van der Waals surface area contributed by atoms with Gasteiger partial charge >= 0.3 is 0 Å². The number of piperidine rings is 1. The molecule has 27 heavy (non-hydrogen) atoms. The largest absolute Gasteiger partial charge is 0.332 e. The first kappa shape index (κ1) is 18.1. The summed E-state index contributed by atoms with van der Waals surface area (Å²) in [6.45, 7) is 9.56. The van der Waals surface area contributed by atoms with Crippen LogP contribution in [0.4, 0.5) is 0 Å². The van der Waals surface area contributed by atoms with Crippen LogP contribution in [0.15, 0.2) is 12.3 Å². The van der Waals surface area contributed by atoms with E-state index in [0.717, 1.165) is 48.7 Å². The molecule has 4 heterocycles.